The Labute approximate surface area is 107 Å². The molecule has 4 rings (SSSR count). The van der Waals surface area contributed by atoms with Crippen molar-refractivity contribution in [1.82, 2.24) is 0 Å². The van der Waals surface area contributed by atoms with E-state index in [1.165, 1.54) is 22.2 Å². The predicted octanol–water partition coefficient (Wildman–Crippen LogP) is 2.92. The summed E-state index contributed by atoms with van der Waals surface area (Å²) >= 11 is 0. The van der Waals surface area contributed by atoms with E-state index in [1.54, 1.807) is 0 Å². The Balaban J connectivity index is 2.19. The summed E-state index contributed by atoms with van der Waals surface area (Å²) in [5.41, 5.74) is 4.17. The van der Waals surface area contributed by atoms with E-state index in [0.29, 0.717) is 12.1 Å². The molecule has 2 nitrogen and oxygen atoms in total. The Hall–Kier alpha value is -1.83. The number of hydrogen-bond acceptors (Lipinski definition) is 1. The van der Waals surface area contributed by atoms with Gasteiger partial charge in [-0.25, -0.2) is 0 Å². The minimum Gasteiger partial charge on any atom is -0.353 e. The van der Waals surface area contributed by atoms with Gasteiger partial charge in [0.1, 0.15) is 5.69 Å². The molecular weight excluding hydrogens is 220 g/mol. The van der Waals surface area contributed by atoms with Crippen LogP contribution in [0.1, 0.15) is 25.5 Å². The molecule has 2 unspecified atom stereocenters. The molecule has 0 aliphatic carbocycles. The van der Waals surface area contributed by atoms with Crippen LogP contribution in [0.25, 0.3) is 17.0 Å². The van der Waals surface area contributed by atoms with Crippen LogP contribution in [0.2, 0.25) is 0 Å². The Morgan fingerprint density at radius 3 is 3.00 bits per heavy atom. The van der Waals surface area contributed by atoms with Gasteiger partial charge in [0.2, 0.25) is 5.52 Å². The van der Waals surface area contributed by atoms with Gasteiger partial charge < -0.3 is 4.90 Å². The quantitative estimate of drug-likeness (QED) is 0.639. The average molecular weight is 237 g/mol. The number of aromatic nitrogens is 1. The van der Waals surface area contributed by atoms with E-state index in [4.69, 9.17) is 0 Å². The van der Waals surface area contributed by atoms with Gasteiger partial charge in [0.05, 0.1) is 6.04 Å². The van der Waals surface area contributed by atoms with Gasteiger partial charge in [-0.3, -0.25) is 0 Å². The van der Waals surface area contributed by atoms with Gasteiger partial charge in [0, 0.05) is 23.6 Å². The van der Waals surface area contributed by atoms with Crippen LogP contribution in [-0.2, 0) is 0 Å². The molecule has 0 saturated carbocycles. The maximum Gasteiger partial charge on any atom is 0.237 e. The summed E-state index contributed by atoms with van der Waals surface area (Å²) in [6, 6.07) is 9.91. The van der Waals surface area contributed by atoms with Crippen LogP contribution in [-0.4, -0.2) is 12.6 Å². The van der Waals surface area contributed by atoms with Crippen LogP contribution in [0.4, 0.5) is 5.69 Å². The second-order valence-corrected chi connectivity index (χ2v) is 5.39. The molecule has 2 aliphatic rings. The first kappa shape index (κ1) is 10.1. The van der Waals surface area contributed by atoms with Crippen molar-refractivity contribution in [2.24, 2.45) is 0 Å². The Bertz CT molecular complexity index is 672. The van der Waals surface area contributed by atoms with Crippen molar-refractivity contribution in [2.45, 2.75) is 25.9 Å². The van der Waals surface area contributed by atoms with Gasteiger partial charge >= 0.3 is 0 Å². The van der Waals surface area contributed by atoms with Crippen LogP contribution >= 0.6 is 0 Å². The van der Waals surface area contributed by atoms with Crippen molar-refractivity contribution in [1.29, 1.82) is 0 Å². The monoisotopic (exact) mass is 237 g/mol. The standard InChI is InChI=1S/C16H17N2/c1-11-12(2)18-10-4-6-14-8-7-13-5-3-9-17(11)15(13)16(14)18/h3-9,11-12H,10H2,1-2H3/q+1. The first-order chi connectivity index (χ1) is 8.77. The maximum atomic E-state index is 2.54. The zero-order valence-electron chi connectivity index (χ0n) is 10.8. The van der Waals surface area contributed by atoms with Crippen molar-refractivity contribution >= 4 is 22.7 Å². The first-order valence-corrected chi connectivity index (χ1v) is 6.67. The molecule has 0 radical (unpaired) electrons. The lowest BCUT2D eigenvalue weighted by Gasteiger charge is -2.38. The lowest BCUT2D eigenvalue weighted by molar-refractivity contribution is -0.698. The van der Waals surface area contributed by atoms with Gasteiger partial charge in [-0.2, -0.15) is 4.57 Å². The highest BCUT2D eigenvalue weighted by Crippen LogP contribution is 2.38. The molecule has 0 saturated heterocycles. The fourth-order valence-corrected chi connectivity index (χ4v) is 3.35. The van der Waals surface area contributed by atoms with Crippen molar-refractivity contribution in [2.75, 3.05) is 11.4 Å². The molecule has 2 atom stereocenters. The third-order valence-corrected chi connectivity index (χ3v) is 4.51. The summed E-state index contributed by atoms with van der Waals surface area (Å²) in [4.78, 5) is 2.54. The molecule has 1 aromatic heterocycles. The van der Waals surface area contributed by atoms with Crippen molar-refractivity contribution in [3.63, 3.8) is 0 Å². The molecule has 2 aliphatic heterocycles. The van der Waals surface area contributed by atoms with Crippen LogP contribution in [0.5, 0.6) is 0 Å². The summed E-state index contributed by atoms with van der Waals surface area (Å²) in [5.74, 6) is 0. The third-order valence-electron chi connectivity index (χ3n) is 4.51. The number of benzene rings is 1. The van der Waals surface area contributed by atoms with E-state index >= 15 is 0 Å². The summed E-state index contributed by atoms with van der Waals surface area (Å²) in [6.07, 6.45) is 6.75. The first-order valence-electron chi connectivity index (χ1n) is 6.67. The topological polar surface area (TPSA) is 7.12 Å². The number of pyridine rings is 1. The maximum absolute atomic E-state index is 2.54. The molecule has 0 fully saturated rings. The zero-order chi connectivity index (χ0) is 12.3. The van der Waals surface area contributed by atoms with E-state index in [9.17, 15) is 0 Å². The highest BCUT2D eigenvalue weighted by Gasteiger charge is 2.37. The molecule has 90 valence electrons. The van der Waals surface area contributed by atoms with Crippen molar-refractivity contribution in [3.05, 3.63) is 42.1 Å². The Kier molecular flexibility index (Phi) is 1.88. The van der Waals surface area contributed by atoms with Crippen molar-refractivity contribution in [3.8, 4) is 0 Å². The molecular formula is C16H17N2+. The van der Waals surface area contributed by atoms with E-state index in [0.717, 1.165) is 6.54 Å². The molecule has 0 bridgehead atoms. The van der Waals surface area contributed by atoms with Gasteiger partial charge in [-0.1, -0.05) is 18.2 Å². The third kappa shape index (κ3) is 1.10. The summed E-state index contributed by atoms with van der Waals surface area (Å²) in [6.45, 7) is 5.68. The highest BCUT2D eigenvalue weighted by molar-refractivity contribution is 5.95. The smallest absolute Gasteiger partial charge is 0.237 e. The lowest BCUT2D eigenvalue weighted by atomic mass is 9.96. The van der Waals surface area contributed by atoms with Crippen molar-refractivity contribution < 1.29 is 4.57 Å². The van der Waals surface area contributed by atoms with Gasteiger partial charge in [-0.15, -0.1) is 0 Å². The van der Waals surface area contributed by atoms with Crippen LogP contribution in [0, 0.1) is 0 Å². The SMILES string of the molecule is CC1C(C)[n+]2cccc3ccc4c(c32)N1CC=C4. The molecule has 18 heavy (non-hydrogen) atoms. The fourth-order valence-electron chi connectivity index (χ4n) is 3.35. The molecule has 1 aromatic carbocycles. The molecule has 0 N–H and O–H groups in total. The van der Waals surface area contributed by atoms with E-state index in [-0.39, 0.29) is 0 Å². The van der Waals surface area contributed by atoms with Crippen LogP contribution < -0.4 is 9.47 Å². The minimum atomic E-state index is 0.517. The number of hydrogen-bond donors (Lipinski definition) is 0. The van der Waals surface area contributed by atoms with Gasteiger partial charge in [-0.05, 0) is 26.0 Å². The minimum absolute atomic E-state index is 0.517. The second kappa shape index (κ2) is 3.35. The molecule has 2 heteroatoms. The summed E-state index contributed by atoms with van der Waals surface area (Å²) < 4.78 is 2.44. The van der Waals surface area contributed by atoms with Gasteiger partial charge in [0.15, 0.2) is 12.2 Å². The Morgan fingerprint density at radius 1 is 1.22 bits per heavy atom. The van der Waals surface area contributed by atoms with Gasteiger partial charge in [0.25, 0.3) is 0 Å². The molecule has 2 aromatic rings. The Morgan fingerprint density at radius 2 is 2.11 bits per heavy atom. The normalized spacial score (nSPS) is 24.7. The number of anilines is 1. The molecule has 0 spiro atoms. The van der Waals surface area contributed by atoms with Crippen LogP contribution in [0.15, 0.2) is 36.5 Å². The largest absolute Gasteiger partial charge is 0.353 e. The molecule has 3 heterocycles. The predicted molar refractivity (Wildman–Crippen MR) is 74.7 cm³/mol. The summed E-state index contributed by atoms with van der Waals surface area (Å²) in [5, 5.41) is 1.34. The summed E-state index contributed by atoms with van der Waals surface area (Å²) in [7, 11) is 0. The average Bonchev–Trinajstić information content (AvgIpc) is 2.43. The van der Waals surface area contributed by atoms with E-state index < -0.39 is 0 Å². The van der Waals surface area contributed by atoms with Crippen LogP contribution in [0.3, 0.4) is 0 Å². The van der Waals surface area contributed by atoms with E-state index in [1.807, 2.05) is 0 Å². The fraction of sp³-hybridized carbons (Fsp3) is 0.312. The lowest BCUT2D eigenvalue weighted by Crippen LogP contribution is -2.55. The highest BCUT2D eigenvalue weighted by atomic mass is 15.2. The number of nitrogens with zero attached hydrogens (tertiary/aromatic N) is 2. The van der Waals surface area contributed by atoms with E-state index in [2.05, 4.69) is 65.9 Å². The zero-order valence-corrected chi connectivity index (χ0v) is 10.8. The molecule has 0 amide bonds. The number of rotatable bonds is 0. The second-order valence-electron chi connectivity index (χ2n) is 5.39.